The van der Waals surface area contributed by atoms with E-state index >= 15 is 0 Å². The molecule has 0 unspecified atom stereocenters. The second-order valence-electron chi connectivity index (χ2n) is 3.80. The van der Waals surface area contributed by atoms with E-state index in [1.165, 1.54) is 24.3 Å². The number of nitro groups is 1. The number of amides is 2. The Labute approximate surface area is 125 Å². The van der Waals surface area contributed by atoms with E-state index in [1.807, 2.05) is 5.32 Å². The van der Waals surface area contributed by atoms with Gasteiger partial charge in [-0.2, -0.15) is 5.26 Å². The van der Waals surface area contributed by atoms with Gasteiger partial charge in [0.2, 0.25) is 0 Å². The Kier molecular flexibility index (Phi) is 6.06. The van der Waals surface area contributed by atoms with Gasteiger partial charge in [-0.3, -0.25) is 20.2 Å². The number of carbonyl (C=O) groups excluding carboxylic acids is 2. The number of benzene rings is 1. The van der Waals surface area contributed by atoms with Crippen LogP contribution in [-0.4, -0.2) is 23.5 Å². The normalized spacial score (nSPS) is 10.3. The second-order valence-corrected chi connectivity index (χ2v) is 3.80. The quantitative estimate of drug-likeness (QED) is 0.365. The summed E-state index contributed by atoms with van der Waals surface area (Å²) < 4.78 is 4.51. The van der Waals surface area contributed by atoms with Gasteiger partial charge in [0.15, 0.2) is 0 Å². The predicted molar refractivity (Wildman–Crippen MR) is 75.6 cm³/mol. The highest BCUT2D eigenvalue weighted by atomic mass is 16.6. The fourth-order valence-corrected chi connectivity index (χ4v) is 1.34. The number of non-ortho nitro benzene ring substituents is 1. The van der Waals surface area contributed by atoms with Gasteiger partial charge in [0.05, 0.1) is 11.5 Å². The lowest BCUT2D eigenvalue weighted by Crippen LogP contribution is -2.32. The number of nitriles is 1. The lowest BCUT2D eigenvalue weighted by molar-refractivity contribution is -0.384. The highest BCUT2D eigenvalue weighted by Crippen LogP contribution is 2.17. The van der Waals surface area contributed by atoms with E-state index in [4.69, 9.17) is 5.26 Å². The summed E-state index contributed by atoms with van der Waals surface area (Å²) >= 11 is 0. The second kappa shape index (κ2) is 8.01. The summed E-state index contributed by atoms with van der Waals surface area (Å²) in [5, 5.41) is 23.9. The van der Waals surface area contributed by atoms with Crippen molar-refractivity contribution in [1.82, 2.24) is 5.32 Å². The molecule has 0 fully saturated rings. The van der Waals surface area contributed by atoms with Crippen LogP contribution < -0.4 is 10.6 Å². The molecule has 0 aliphatic carbocycles. The standard InChI is InChI=1S/C13H12N4O5/c1-2-22-13(19)16-12(18)9(7-14)8-15-10-4-3-5-11(6-10)17(20)21/h3-6,8,15H,2H2,1H3,(H,16,18,19)/b9-8+. The van der Waals surface area contributed by atoms with Gasteiger partial charge in [0.25, 0.3) is 11.6 Å². The van der Waals surface area contributed by atoms with Crippen LogP contribution in [0.1, 0.15) is 6.92 Å². The molecule has 2 N–H and O–H groups in total. The number of nitrogens with one attached hydrogen (secondary N) is 2. The first kappa shape index (κ1) is 16.6. The molecule has 0 saturated heterocycles. The third kappa shape index (κ3) is 4.93. The number of alkyl carbamates (subject to hydrolysis) is 1. The van der Waals surface area contributed by atoms with Gasteiger partial charge in [0.1, 0.15) is 11.6 Å². The molecule has 0 aliphatic heterocycles. The van der Waals surface area contributed by atoms with Crippen LogP contribution in [0.3, 0.4) is 0 Å². The lowest BCUT2D eigenvalue weighted by atomic mass is 10.2. The Hall–Kier alpha value is -3.41. The molecule has 0 spiro atoms. The zero-order valence-electron chi connectivity index (χ0n) is 11.5. The van der Waals surface area contributed by atoms with Gasteiger partial charge in [0, 0.05) is 24.0 Å². The van der Waals surface area contributed by atoms with Gasteiger partial charge in [-0.1, -0.05) is 6.07 Å². The molecule has 0 atom stereocenters. The lowest BCUT2D eigenvalue weighted by Gasteiger charge is -2.04. The molecule has 1 aromatic rings. The first-order chi connectivity index (χ1) is 10.5. The highest BCUT2D eigenvalue weighted by molar-refractivity contribution is 6.05. The maximum Gasteiger partial charge on any atom is 0.414 e. The minimum atomic E-state index is -0.969. The summed E-state index contributed by atoms with van der Waals surface area (Å²) in [6.07, 6.45) is 0.0668. The molecule has 0 saturated carbocycles. The number of hydrogen-bond acceptors (Lipinski definition) is 7. The summed E-state index contributed by atoms with van der Waals surface area (Å²) in [6.45, 7) is 1.64. The average molecular weight is 304 g/mol. The van der Waals surface area contributed by atoms with Crippen molar-refractivity contribution in [2.24, 2.45) is 0 Å². The van der Waals surface area contributed by atoms with Gasteiger partial charge in [-0.15, -0.1) is 0 Å². The monoisotopic (exact) mass is 304 g/mol. The number of imide groups is 1. The fraction of sp³-hybridized carbons (Fsp3) is 0.154. The predicted octanol–water partition coefficient (Wildman–Crippen LogP) is 1.69. The van der Waals surface area contributed by atoms with Crippen LogP contribution >= 0.6 is 0 Å². The van der Waals surface area contributed by atoms with Crippen LogP contribution in [0.5, 0.6) is 0 Å². The van der Waals surface area contributed by atoms with Crippen LogP contribution in [0.4, 0.5) is 16.2 Å². The fourth-order valence-electron chi connectivity index (χ4n) is 1.34. The van der Waals surface area contributed by atoms with Gasteiger partial charge < -0.3 is 10.1 Å². The Morgan fingerprint density at radius 2 is 2.23 bits per heavy atom. The van der Waals surface area contributed by atoms with E-state index in [0.29, 0.717) is 5.69 Å². The van der Waals surface area contributed by atoms with E-state index in [-0.39, 0.29) is 17.9 Å². The topological polar surface area (TPSA) is 134 Å². The molecule has 0 heterocycles. The van der Waals surface area contributed by atoms with Crippen molar-refractivity contribution in [2.75, 3.05) is 11.9 Å². The van der Waals surface area contributed by atoms with E-state index < -0.39 is 16.9 Å². The minimum absolute atomic E-state index is 0.0800. The molecule has 0 aromatic heterocycles. The number of anilines is 1. The largest absolute Gasteiger partial charge is 0.450 e. The third-order valence-corrected chi connectivity index (χ3v) is 2.30. The van der Waals surface area contributed by atoms with Crippen molar-refractivity contribution in [3.8, 4) is 6.07 Å². The van der Waals surface area contributed by atoms with E-state index in [9.17, 15) is 19.7 Å². The van der Waals surface area contributed by atoms with Crippen molar-refractivity contribution in [2.45, 2.75) is 6.92 Å². The molecule has 1 rings (SSSR count). The number of nitrogens with zero attached hydrogens (tertiary/aromatic N) is 2. The number of nitro benzene ring substituents is 1. The number of hydrogen-bond donors (Lipinski definition) is 2. The van der Waals surface area contributed by atoms with E-state index in [0.717, 1.165) is 6.20 Å². The molecule has 114 valence electrons. The molecular formula is C13H12N4O5. The summed E-state index contributed by atoms with van der Waals surface area (Å²) in [4.78, 5) is 32.7. The average Bonchev–Trinajstić information content (AvgIpc) is 2.48. The summed E-state index contributed by atoms with van der Waals surface area (Å²) in [6, 6.07) is 7.09. The van der Waals surface area contributed by atoms with Crippen molar-refractivity contribution in [1.29, 1.82) is 5.26 Å². The molecular weight excluding hydrogens is 292 g/mol. The molecule has 0 radical (unpaired) electrons. The van der Waals surface area contributed by atoms with Crippen LogP contribution in [0.15, 0.2) is 36.0 Å². The van der Waals surface area contributed by atoms with Crippen molar-refractivity contribution in [3.05, 3.63) is 46.2 Å². The number of rotatable bonds is 5. The third-order valence-electron chi connectivity index (χ3n) is 2.30. The molecule has 1 aromatic carbocycles. The maximum atomic E-state index is 11.6. The van der Waals surface area contributed by atoms with E-state index in [1.54, 1.807) is 13.0 Å². The first-order valence-corrected chi connectivity index (χ1v) is 6.07. The Bertz CT molecular complexity index is 663. The van der Waals surface area contributed by atoms with Crippen LogP contribution in [0.25, 0.3) is 0 Å². The highest BCUT2D eigenvalue weighted by Gasteiger charge is 2.13. The van der Waals surface area contributed by atoms with Gasteiger partial charge >= 0.3 is 6.09 Å². The summed E-state index contributed by atoms with van der Waals surface area (Å²) in [5.41, 5.74) is -0.224. The smallest absolute Gasteiger partial charge is 0.414 e. The van der Waals surface area contributed by atoms with Crippen LogP contribution in [0.2, 0.25) is 0 Å². The minimum Gasteiger partial charge on any atom is -0.450 e. The molecule has 2 amide bonds. The van der Waals surface area contributed by atoms with Crippen molar-refractivity contribution >= 4 is 23.4 Å². The maximum absolute atomic E-state index is 11.6. The summed E-state index contributed by atoms with van der Waals surface area (Å²) in [5.74, 6) is -0.945. The Balaban J connectivity index is 2.79. The Morgan fingerprint density at radius 1 is 1.50 bits per heavy atom. The van der Waals surface area contributed by atoms with Crippen molar-refractivity contribution in [3.63, 3.8) is 0 Å². The number of ether oxygens (including phenoxy) is 1. The van der Waals surface area contributed by atoms with Gasteiger partial charge in [-0.25, -0.2) is 4.79 Å². The van der Waals surface area contributed by atoms with Crippen LogP contribution in [-0.2, 0) is 9.53 Å². The SMILES string of the molecule is CCOC(=O)NC(=O)/C(C#N)=C/Nc1cccc([N+](=O)[O-])c1. The molecule has 9 nitrogen and oxygen atoms in total. The zero-order valence-corrected chi connectivity index (χ0v) is 11.5. The molecule has 0 aliphatic rings. The zero-order chi connectivity index (χ0) is 16.5. The van der Waals surface area contributed by atoms with Gasteiger partial charge in [-0.05, 0) is 13.0 Å². The Morgan fingerprint density at radius 3 is 2.82 bits per heavy atom. The van der Waals surface area contributed by atoms with Crippen LogP contribution in [0, 0.1) is 21.4 Å². The molecule has 0 bridgehead atoms. The molecule has 9 heteroatoms. The first-order valence-electron chi connectivity index (χ1n) is 6.07. The molecule has 22 heavy (non-hydrogen) atoms. The number of carbonyl (C=O) groups is 2. The van der Waals surface area contributed by atoms with Crippen molar-refractivity contribution < 1.29 is 19.2 Å². The van der Waals surface area contributed by atoms with E-state index in [2.05, 4.69) is 10.1 Å². The summed E-state index contributed by atoms with van der Waals surface area (Å²) in [7, 11) is 0.